The van der Waals surface area contributed by atoms with E-state index < -0.39 is 0 Å². The molecular weight excluding hydrogens is 322 g/mol. The van der Waals surface area contributed by atoms with Gasteiger partial charge in [-0.1, -0.05) is 35.9 Å². The van der Waals surface area contributed by atoms with E-state index in [-0.39, 0.29) is 5.91 Å². The molecule has 2 heterocycles. The molecule has 0 unspecified atom stereocenters. The van der Waals surface area contributed by atoms with Gasteiger partial charge in [-0.3, -0.25) is 4.79 Å². The van der Waals surface area contributed by atoms with Crippen molar-refractivity contribution in [2.24, 2.45) is 0 Å². The Hall–Kier alpha value is -2.46. The van der Waals surface area contributed by atoms with Crippen molar-refractivity contribution in [2.75, 3.05) is 31.1 Å². The molecule has 2 aromatic carbocycles. The molecule has 122 valence electrons. The highest BCUT2D eigenvalue weighted by Crippen LogP contribution is 2.24. The Kier molecular flexibility index (Phi) is 3.90. The van der Waals surface area contributed by atoms with Crippen molar-refractivity contribution in [3.05, 3.63) is 65.3 Å². The van der Waals surface area contributed by atoms with Crippen molar-refractivity contribution in [3.63, 3.8) is 0 Å². The molecule has 1 aromatic heterocycles. The number of para-hydroxylation sites is 1. The summed E-state index contributed by atoms with van der Waals surface area (Å²) in [4.78, 5) is 20.2. The number of hydrogen-bond acceptors (Lipinski definition) is 2. The molecule has 1 aliphatic heterocycles. The normalized spacial score (nSPS) is 15.0. The van der Waals surface area contributed by atoms with Gasteiger partial charge in [0.05, 0.1) is 5.56 Å². The maximum atomic E-state index is 12.9. The van der Waals surface area contributed by atoms with Crippen LogP contribution < -0.4 is 4.90 Å². The summed E-state index contributed by atoms with van der Waals surface area (Å²) >= 11 is 6.01. The van der Waals surface area contributed by atoms with Gasteiger partial charge in [0, 0.05) is 54.0 Å². The fraction of sp³-hybridized carbons (Fsp3) is 0.211. The lowest BCUT2D eigenvalue weighted by Crippen LogP contribution is -2.48. The van der Waals surface area contributed by atoms with Crippen LogP contribution in [0.5, 0.6) is 0 Å². The number of anilines is 1. The van der Waals surface area contributed by atoms with Gasteiger partial charge in [-0.2, -0.15) is 0 Å². The van der Waals surface area contributed by atoms with E-state index in [1.807, 2.05) is 41.3 Å². The Bertz CT molecular complexity index is 867. The summed E-state index contributed by atoms with van der Waals surface area (Å²) in [6, 6.07) is 15.9. The number of carbonyl (C=O) groups is 1. The fourth-order valence-electron chi connectivity index (χ4n) is 3.25. The number of aromatic amines is 1. The summed E-state index contributed by atoms with van der Waals surface area (Å²) in [6.45, 7) is 3.16. The third-order valence-corrected chi connectivity index (χ3v) is 4.80. The summed E-state index contributed by atoms with van der Waals surface area (Å²) < 4.78 is 0. The number of piperazine rings is 1. The SMILES string of the molecule is O=C(c1c[nH]c2cc(Cl)ccc12)N1CCN(c2ccccc2)CC1. The average molecular weight is 340 g/mol. The van der Waals surface area contributed by atoms with Crippen LogP contribution in [0.15, 0.2) is 54.7 Å². The summed E-state index contributed by atoms with van der Waals surface area (Å²) in [5.41, 5.74) is 2.83. The molecule has 0 radical (unpaired) electrons. The van der Waals surface area contributed by atoms with Crippen molar-refractivity contribution < 1.29 is 4.79 Å². The van der Waals surface area contributed by atoms with Crippen molar-refractivity contribution in [1.29, 1.82) is 0 Å². The number of carbonyl (C=O) groups excluding carboxylic acids is 1. The monoisotopic (exact) mass is 339 g/mol. The molecule has 1 fully saturated rings. The highest BCUT2D eigenvalue weighted by atomic mass is 35.5. The van der Waals surface area contributed by atoms with Crippen LogP contribution in [-0.2, 0) is 0 Å². The Morgan fingerprint density at radius 2 is 1.75 bits per heavy atom. The fourth-order valence-corrected chi connectivity index (χ4v) is 3.42. The van der Waals surface area contributed by atoms with Gasteiger partial charge in [-0.15, -0.1) is 0 Å². The largest absolute Gasteiger partial charge is 0.368 e. The molecule has 0 bridgehead atoms. The van der Waals surface area contributed by atoms with Crippen molar-refractivity contribution >= 4 is 34.1 Å². The van der Waals surface area contributed by atoms with E-state index >= 15 is 0 Å². The summed E-state index contributed by atoms with van der Waals surface area (Å²) in [6.07, 6.45) is 1.78. The molecule has 0 spiro atoms. The standard InChI is InChI=1S/C19H18ClN3O/c20-14-6-7-16-17(13-21-18(16)12-14)19(24)23-10-8-22(9-11-23)15-4-2-1-3-5-15/h1-7,12-13,21H,8-11H2. The first kappa shape index (κ1) is 15.1. The van der Waals surface area contributed by atoms with Crippen LogP contribution in [0.2, 0.25) is 5.02 Å². The molecule has 4 rings (SSSR count). The molecular formula is C19H18ClN3O. The van der Waals surface area contributed by atoms with Crippen LogP contribution in [0, 0.1) is 0 Å². The maximum Gasteiger partial charge on any atom is 0.256 e. The van der Waals surface area contributed by atoms with Gasteiger partial charge in [-0.25, -0.2) is 0 Å². The van der Waals surface area contributed by atoms with Crippen LogP contribution in [-0.4, -0.2) is 42.0 Å². The molecule has 0 atom stereocenters. The number of benzene rings is 2. The lowest BCUT2D eigenvalue weighted by molar-refractivity contribution is 0.0749. The van der Waals surface area contributed by atoms with E-state index in [9.17, 15) is 4.79 Å². The second kappa shape index (κ2) is 6.21. The van der Waals surface area contributed by atoms with Gasteiger partial charge in [0.25, 0.3) is 5.91 Å². The Morgan fingerprint density at radius 1 is 1.00 bits per heavy atom. The van der Waals surface area contributed by atoms with E-state index in [0.29, 0.717) is 5.02 Å². The highest BCUT2D eigenvalue weighted by molar-refractivity contribution is 6.31. The van der Waals surface area contributed by atoms with Crippen molar-refractivity contribution in [3.8, 4) is 0 Å². The van der Waals surface area contributed by atoms with Gasteiger partial charge in [0.15, 0.2) is 0 Å². The molecule has 1 saturated heterocycles. The first-order chi connectivity index (χ1) is 11.7. The van der Waals surface area contributed by atoms with Crippen LogP contribution >= 0.6 is 11.6 Å². The number of halogens is 1. The molecule has 4 nitrogen and oxygen atoms in total. The third-order valence-electron chi connectivity index (χ3n) is 4.56. The zero-order chi connectivity index (χ0) is 16.5. The van der Waals surface area contributed by atoms with Gasteiger partial charge in [0.1, 0.15) is 0 Å². The quantitative estimate of drug-likeness (QED) is 0.771. The average Bonchev–Trinajstić information content (AvgIpc) is 3.05. The molecule has 0 aliphatic carbocycles. The van der Waals surface area contributed by atoms with Gasteiger partial charge in [-0.05, 0) is 24.3 Å². The molecule has 0 saturated carbocycles. The Morgan fingerprint density at radius 3 is 2.50 bits per heavy atom. The molecule has 24 heavy (non-hydrogen) atoms. The van der Waals surface area contributed by atoms with Crippen molar-refractivity contribution in [1.82, 2.24) is 9.88 Å². The number of aromatic nitrogens is 1. The van der Waals surface area contributed by atoms with Gasteiger partial charge >= 0.3 is 0 Å². The molecule has 5 heteroatoms. The Labute approximate surface area is 145 Å². The van der Waals surface area contributed by atoms with E-state index in [0.717, 1.165) is 42.6 Å². The number of fused-ring (bicyclic) bond motifs is 1. The van der Waals surface area contributed by atoms with Gasteiger partial charge < -0.3 is 14.8 Å². The van der Waals surface area contributed by atoms with E-state index in [1.165, 1.54) is 5.69 Å². The third kappa shape index (κ3) is 2.74. The number of hydrogen-bond donors (Lipinski definition) is 1. The number of rotatable bonds is 2. The summed E-state index contributed by atoms with van der Waals surface area (Å²) in [5, 5.41) is 1.59. The lowest BCUT2D eigenvalue weighted by atomic mass is 10.1. The first-order valence-corrected chi connectivity index (χ1v) is 8.46. The number of H-pyrrole nitrogens is 1. The topological polar surface area (TPSA) is 39.3 Å². The number of amides is 1. The minimum absolute atomic E-state index is 0.0799. The highest BCUT2D eigenvalue weighted by Gasteiger charge is 2.24. The molecule has 3 aromatic rings. The summed E-state index contributed by atoms with van der Waals surface area (Å²) in [7, 11) is 0. The lowest BCUT2D eigenvalue weighted by Gasteiger charge is -2.36. The van der Waals surface area contributed by atoms with Crippen LogP contribution in [0.3, 0.4) is 0 Å². The maximum absolute atomic E-state index is 12.9. The molecule has 1 amide bonds. The predicted molar refractivity (Wildman–Crippen MR) is 97.9 cm³/mol. The number of nitrogens with zero attached hydrogens (tertiary/aromatic N) is 2. The molecule has 1 aliphatic rings. The minimum Gasteiger partial charge on any atom is -0.368 e. The second-order valence-corrected chi connectivity index (χ2v) is 6.44. The molecule has 1 N–H and O–H groups in total. The van der Waals surface area contributed by atoms with Gasteiger partial charge in [0.2, 0.25) is 0 Å². The first-order valence-electron chi connectivity index (χ1n) is 8.08. The number of nitrogens with one attached hydrogen (secondary N) is 1. The van der Waals surface area contributed by atoms with E-state index in [2.05, 4.69) is 22.0 Å². The van der Waals surface area contributed by atoms with Crippen LogP contribution in [0.1, 0.15) is 10.4 Å². The minimum atomic E-state index is 0.0799. The smallest absolute Gasteiger partial charge is 0.256 e. The zero-order valence-electron chi connectivity index (χ0n) is 13.2. The van der Waals surface area contributed by atoms with Crippen LogP contribution in [0.25, 0.3) is 10.9 Å². The van der Waals surface area contributed by atoms with E-state index in [1.54, 1.807) is 6.20 Å². The summed E-state index contributed by atoms with van der Waals surface area (Å²) in [5.74, 6) is 0.0799. The Balaban J connectivity index is 1.50. The zero-order valence-corrected chi connectivity index (χ0v) is 14.0. The second-order valence-electron chi connectivity index (χ2n) is 6.01. The predicted octanol–water partition coefficient (Wildman–Crippen LogP) is 3.78. The van der Waals surface area contributed by atoms with Crippen LogP contribution in [0.4, 0.5) is 5.69 Å². The van der Waals surface area contributed by atoms with E-state index in [4.69, 9.17) is 11.6 Å². The van der Waals surface area contributed by atoms with Crippen molar-refractivity contribution in [2.45, 2.75) is 0 Å².